The van der Waals surface area contributed by atoms with Crippen LogP contribution in [0, 0.1) is 12.8 Å². The number of carbonyl (C=O) groups excluding carboxylic acids is 2. The number of anilines is 2. The summed E-state index contributed by atoms with van der Waals surface area (Å²) >= 11 is 5.95. The van der Waals surface area contributed by atoms with Crippen molar-refractivity contribution in [1.29, 1.82) is 0 Å². The third-order valence-corrected chi connectivity index (χ3v) is 4.74. The maximum atomic E-state index is 12.9. The molecule has 0 radical (unpaired) electrons. The number of amides is 2. The summed E-state index contributed by atoms with van der Waals surface area (Å²) in [5, 5.41) is 10.2. The van der Waals surface area contributed by atoms with Gasteiger partial charge in [-0.25, -0.2) is 4.68 Å². The molecule has 0 aliphatic carbocycles. The topological polar surface area (TPSA) is 93.1 Å². The Balaban J connectivity index is 1.96. The monoisotopic (exact) mass is 438 g/mol. The van der Waals surface area contributed by atoms with Crippen LogP contribution in [-0.2, 0) is 16.1 Å². The Morgan fingerprint density at radius 1 is 1.06 bits per heavy atom. The second-order valence-corrected chi connectivity index (χ2v) is 7.91. The highest BCUT2D eigenvalue weighted by atomic mass is 35.5. The van der Waals surface area contributed by atoms with Crippen molar-refractivity contribution in [2.45, 2.75) is 27.3 Å². The first-order valence-corrected chi connectivity index (χ1v) is 10.2. The maximum absolute atomic E-state index is 12.9. The second kappa shape index (κ2) is 9.57. The van der Waals surface area contributed by atoms with Gasteiger partial charge >= 0.3 is 0 Å². The second-order valence-electron chi connectivity index (χ2n) is 7.47. The van der Waals surface area contributed by atoms with Crippen LogP contribution < -0.4 is 16.2 Å². The van der Waals surface area contributed by atoms with Crippen LogP contribution in [0.3, 0.4) is 0 Å². The first-order chi connectivity index (χ1) is 14.7. The Morgan fingerprint density at radius 2 is 1.77 bits per heavy atom. The Morgan fingerprint density at radius 3 is 2.42 bits per heavy atom. The lowest BCUT2D eigenvalue weighted by Gasteiger charge is -2.13. The maximum Gasteiger partial charge on any atom is 0.291 e. The number of nitrogens with one attached hydrogen (secondary N) is 2. The van der Waals surface area contributed by atoms with Crippen LogP contribution in [-0.4, -0.2) is 21.6 Å². The highest BCUT2D eigenvalue weighted by Crippen LogP contribution is 2.19. The van der Waals surface area contributed by atoms with Crippen molar-refractivity contribution >= 4 is 34.8 Å². The minimum Gasteiger partial charge on any atom is -0.324 e. The largest absolute Gasteiger partial charge is 0.324 e. The summed E-state index contributed by atoms with van der Waals surface area (Å²) in [7, 11) is 0. The molecule has 1 aromatic heterocycles. The molecule has 0 aliphatic rings. The quantitative estimate of drug-likeness (QED) is 0.605. The van der Waals surface area contributed by atoms with Crippen molar-refractivity contribution in [1.82, 2.24) is 9.78 Å². The predicted octanol–water partition coefficient (Wildman–Crippen LogP) is 4.11. The predicted molar refractivity (Wildman–Crippen MR) is 122 cm³/mol. The van der Waals surface area contributed by atoms with Crippen molar-refractivity contribution in [2.24, 2.45) is 5.92 Å². The van der Waals surface area contributed by atoms with Crippen LogP contribution >= 0.6 is 11.6 Å². The molecule has 160 valence electrons. The van der Waals surface area contributed by atoms with E-state index in [1.54, 1.807) is 38.1 Å². The van der Waals surface area contributed by atoms with Crippen molar-refractivity contribution in [3.05, 3.63) is 75.5 Å². The summed E-state index contributed by atoms with van der Waals surface area (Å²) in [6, 6.07) is 15.8. The van der Waals surface area contributed by atoms with E-state index in [0.29, 0.717) is 16.4 Å². The zero-order valence-corrected chi connectivity index (χ0v) is 18.2. The molecule has 0 spiro atoms. The van der Waals surface area contributed by atoms with E-state index >= 15 is 0 Å². The summed E-state index contributed by atoms with van der Waals surface area (Å²) in [6.07, 6.45) is 0. The van der Waals surface area contributed by atoms with Gasteiger partial charge in [0.2, 0.25) is 11.8 Å². The third-order valence-electron chi connectivity index (χ3n) is 4.51. The molecule has 0 unspecified atom stereocenters. The van der Waals surface area contributed by atoms with E-state index < -0.39 is 11.5 Å². The van der Waals surface area contributed by atoms with E-state index in [2.05, 4.69) is 15.7 Å². The number of rotatable bonds is 6. The molecule has 0 saturated carbocycles. The van der Waals surface area contributed by atoms with E-state index in [1.165, 1.54) is 6.07 Å². The zero-order chi connectivity index (χ0) is 22.5. The Bertz CT molecular complexity index is 1170. The molecule has 0 atom stereocenters. The summed E-state index contributed by atoms with van der Waals surface area (Å²) in [6.45, 7) is 5.10. The summed E-state index contributed by atoms with van der Waals surface area (Å²) in [4.78, 5) is 37.6. The van der Waals surface area contributed by atoms with Crippen molar-refractivity contribution in [3.8, 4) is 11.3 Å². The molecule has 0 aliphatic heterocycles. The van der Waals surface area contributed by atoms with Crippen molar-refractivity contribution < 1.29 is 9.59 Å². The summed E-state index contributed by atoms with van der Waals surface area (Å²) < 4.78 is 1.05. The van der Waals surface area contributed by atoms with Gasteiger partial charge in [0.05, 0.1) is 5.69 Å². The fourth-order valence-corrected chi connectivity index (χ4v) is 2.97. The number of hydrogen-bond donors (Lipinski definition) is 2. The average Bonchev–Trinajstić information content (AvgIpc) is 2.71. The number of hydrogen-bond acceptors (Lipinski definition) is 4. The number of aromatic nitrogens is 2. The first-order valence-electron chi connectivity index (χ1n) is 9.78. The number of aryl methyl sites for hydroxylation is 1. The number of benzene rings is 2. The molecule has 0 bridgehead atoms. The van der Waals surface area contributed by atoms with Crippen LogP contribution in [0.15, 0.2) is 59.4 Å². The highest BCUT2D eigenvalue weighted by Gasteiger charge is 2.16. The lowest BCUT2D eigenvalue weighted by Crippen LogP contribution is -2.33. The van der Waals surface area contributed by atoms with Crippen molar-refractivity contribution in [2.75, 3.05) is 10.6 Å². The lowest BCUT2D eigenvalue weighted by molar-refractivity contribution is -0.119. The molecule has 0 fully saturated rings. The van der Waals surface area contributed by atoms with Gasteiger partial charge in [0, 0.05) is 22.2 Å². The molecule has 2 N–H and O–H groups in total. The molecule has 7 nitrogen and oxygen atoms in total. The van der Waals surface area contributed by atoms with Gasteiger partial charge in [-0.1, -0.05) is 61.3 Å². The molecule has 2 amide bonds. The molecule has 31 heavy (non-hydrogen) atoms. The first kappa shape index (κ1) is 22.2. The van der Waals surface area contributed by atoms with Crippen LogP contribution in [0.1, 0.15) is 19.4 Å². The Kier molecular flexibility index (Phi) is 6.87. The molecular weight excluding hydrogens is 416 g/mol. The van der Waals surface area contributed by atoms with E-state index in [1.807, 2.05) is 31.2 Å². The molecule has 2 aromatic carbocycles. The van der Waals surface area contributed by atoms with Gasteiger partial charge in [-0.3, -0.25) is 14.4 Å². The minimum absolute atomic E-state index is 0.0693. The molecule has 3 rings (SSSR count). The smallest absolute Gasteiger partial charge is 0.291 e. The lowest BCUT2D eigenvalue weighted by atomic mass is 10.1. The molecule has 8 heteroatoms. The third kappa shape index (κ3) is 5.79. The average molecular weight is 439 g/mol. The van der Waals surface area contributed by atoms with Gasteiger partial charge in [0.1, 0.15) is 12.2 Å². The Labute approximate surface area is 185 Å². The minimum atomic E-state index is -0.564. The SMILES string of the molecule is Cc1ccc(-c2cc(NC(=O)C(C)C)c(=O)n(CC(=O)Nc3cccc(Cl)c3)n2)cc1. The van der Waals surface area contributed by atoms with Crippen LogP contribution in [0.5, 0.6) is 0 Å². The van der Waals surface area contributed by atoms with Gasteiger partial charge in [-0.15, -0.1) is 0 Å². The van der Waals surface area contributed by atoms with Crippen LogP contribution in [0.4, 0.5) is 11.4 Å². The van der Waals surface area contributed by atoms with Crippen LogP contribution in [0.2, 0.25) is 5.02 Å². The summed E-state index contributed by atoms with van der Waals surface area (Å²) in [5.41, 5.74) is 2.31. The fraction of sp³-hybridized carbons (Fsp3) is 0.217. The van der Waals surface area contributed by atoms with Gasteiger partial charge in [0.25, 0.3) is 5.56 Å². The van der Waals surface area contributed by atoms with Gasteiger partial charge in [-0.05, 0) is 31.2 Å². The van der Waals surface area contributed by atoms with Gasteiger partial charge in [0.15, 0.2) is 0 Å². The zero-order valence-electron chi connectivity index (χ0n) is 17.5. The molecule has 1 heterocycles. The number of halogens is 1. The van der Waals surface area contributed by atoms with E-state index in [0.717, 1.165) is 15.8 Å². The standard InChI is InChI=1S/C23H23ClN4O3/c1-14(2)22(30)26-20-12-19(16-9-7-15(3)8-10-16)27-28(23(20)31)13-21(29)25-18-6-4-5-17(24)11-18/h4-12,14H,13H2,1-3H3,(H,25,29)(H,26,30). The normalized spacial score (nSPS) is 10.7. The molecule has 0 saturated heterocycles. The molecule has 3 aromatic rings. The van der Waals surface area contributed by atoms with Gasteiger partial charge < -0.3 is 10.6 Å². The van der Waals surface area contributed by atoms with Gasteiger partial charge in [-0.2, -0.15) is 5.10 Å². The van der Waals surface area contributed by atoms with Crippen LogP contribution in [0.25, 0.3) is 11.3 Å². The van der Waals surface area contributed by atoms with Crippen molar-refractivity contribution in [3.63, 3.8) is 0 Å². The van der Waals surface area contributed by atoms with E-state index in [9.17, 15) is 14.4 Å². The number of carbonyl (C=O) groups is 2. The van der Waals surface area contributed by atoms with E-state index in [-0.39, 0.29) is 24.1 Å². The molecular formula is C23H23ClN4O3. The highest BCUT2D eigenvalue weighted by molar-refractivity contribution is 6.30. The van der Waals surface area contributed by atoms with E-state index in [4.69, 9.17) is 11.6 Å². The fourth-order valence-electron chi connectivity index (χ4n) is 2.78. The Hall–Kier alpha value is -3.45. The summed E-state index contributed by atoms with van der Waals surface area (Å²) in [5.74, 6) is -1.05. The number of nitrogens with zero attached hydrogens (tertiary/aromatic N) is 2.